The molecule has 3 aromatic rings. The van der Waals surface area contributed by atoms with Gasteiger partial charge in [-0.05, 0) is 30.7 Å². The highest BCUT2D eigenvalue weighted by atomic mass is 35.5. The molecule has 1 heterocycles. The third-order valence-electron chi connectivity index (χ3n) is 3.56. The highest BCUT2D eigenvalue weighted by molar-refractivity contribution is 8.00. The van der Waals surface area contributed by atoms with Crippen LogP contribution in [0.1, 0.15) is 16.8 Å². The first kappa shape index (κ1) is 18.9. The fourth-order valence-corrected chi connectivity index (χ4v) is 4.19. The molecule has 3 nitrogen and oxygen atoms in total. The van der Waals surface area contributed by atoms with E-state index in [9.17, 15) is 9.18 Å². The maximum atomic E-state index is 13.1. The third kappa shape index (κ3) is 5.30. The second-order valence-electron chi connectivity index (χ2n) is 5.73. The molecular formula is C19H16ClFN2OS2. The number of rotatable bonds is 6. The Morgan fingerprint density at radius 3 is 2.77 bits per heavy atom. The Bertz CT molecular complexity index is 912. The first-order valence-corrected chi connectivity index (χ1v) is 10.1. The Morgan fingerprint density at radius 1 is 1.27 bits per heavy atom. The summed E-state index contributed by atoms with van der Waals surface area (Å²) in [6.07, 6.45) is 0.163. The van der Waals surface area contributed by atoms with Crippen molar-refractivity contribution in [3.05, 3.63) is 75.5 Å². The number of benzene rings is 2. The number of aromatic nitrogens is 1. The van der Waals surface area contributed by atoms with E-state index in [1.807, 2.05) is 5.38 Å². The number of hydrogen-bond donors (Lipinski definition) is 1. The lowest BCUT2D eigenvalue weighted by atomic mass is 10.2. The molecule has 1 N–H and O–H groups in total. The van der Waals surface area contributed by atoms with Crippen molar-refractivity contribution in [1.82, 2.24) is 4.98 Å². The number of nitrogens with one attached hydrogen (secondary N) is 1. The summed E-state index contributed by atoms with van der Waals surface area (Å²) in [6, 6.07) is 12.5. The van der Waals surface area contributed by atoms with Crippen molar-refractivity contribution >= 4 is 46.3 Å². The van der Waals surface area contributed by atoms with Crippen LogP contribution in [0, 0.1) is 12.7 Å². The molecule has 134 valence electrons. The lowest BCUT2D eigenvalue weighted by Crippen LogP contribution is -2.14. The van der Waals surface area contributed by atoms with E-state index in [0.717, 1.165) is 10.1 Å². The molecule has 1 aromatic heterocycles. The summed E-state index contributed by atoms with van der Waals surface area (Å²) in [7, 11) is 0. The van der Waals surface area contributed by atoms with Gasteiger partial charge in [-0.25, -0.2) is 9.37 Å². The van der Waals surface area contributed by atoms with Crippen LogP contribution in [-0.2, 0) is 17.0 Å². The normalized spacial score (nSPS) is 10.7. The molecule has 7 heteroatoms. The SMILES string of the molecule is Cc1ccc(CSc2nc(CC(=O)Nc3ccc(F)c(Cl)c3)cs2)cc1. The van der Waals surface area contributed by atoms with Gasteiger partial charge in [0.25, 0.3) is 0 Å². The van der Waals surface area contributed by atoms with Gasteiger partial charge >= 0.3 is 0 Å². The highest BCUT2D eigenvalue weighted by Gasteiger charge is 2.10. The Morgan fingerprint density at radius 2 is 2.04 bits per heavy atom. The fourth-order valence-electron chi connectivity index (χ4n) is 2.21. The quantitative estimate of drug-likeness (QED) is 0.532. The van der Waals surface area contributed by atoms with E-state index in [-0.39, 0.29) is 17.4 Å². The zero-order chi connectivity index (χ0) is 18.5. The van der Waals surface area contributed by atoms with Crippen molar-refractivity contribution in [1.29, 1.82) is 0 Å². The third-order valence-corrected chi connectivity index (χ3v) is 5.99. The number of halogens is 2. The Kier molecular flexibility index (Phi) is 6.29. The number of aryl methyl sites for hydroxylation is 1. The molecule has 0 saturated carbocycles. The zero-order valence-electron chi connectivity index (χ0n) is 14.0. The van der Waals surface area contributed by atoms with Crippen LogP contribution < -0.4 is 5.32 Å². The smallest absolute Gasteiger partial charge is 0.230 e. The lowest BCUT2D eigenvalue weighted by Gasteiger charge is -2.04. The van der Waals surface area contributed by atoms with Gasteiger partial charge < -0.3 is 5.32 Å². The number of anilines is 1. The van der Waals surface area contributed by atoms with E-state index in [4.69, 9.17) is 11.6 Å². The summed E-state index contributed by atoms with van der Waals surface area (Å²) < 4.78 is 14.1. The molecule has 0 spiro atoms. The number of carbonyl (C=O) groups is 1. The number of amides is 1. The maximum absolute atomic E-state index is 13.1. The number of nitrogens with zero attached hydrogens (tertiary/aromatic N) is 1. The minimum atomic E-state index is -0.514. The number of hydrogen-bond acceptors (Lipinski definition) is 4. The van der Waals surface area contributed by atoms with Crippen LogP contribution in [0.3, 0.4) is 0 Å². The van der Waals surface area contributed by atoms with Crippen LogP contribution in [0.2, 0.25) is 5.02 Å². The largest absolute Gasteiger partial charge is 0.326 e. The molecule has 0 bridgehead atoms. The predicted molar refractivity (Wildman–Crippen MR) is 107 cm³/mol. The molecule has 0 unspecified atom stereocenters. The van der Waals surface area contributed by atoms with Crippen LogP contribution in [0.4, 0.5) is 10.1 Å². The van der Waals surface area contributed by atoms with Crippen LogP contribution in [0.5, 0.6) is 0 Å². The van der Waals surface area contributed by atoms with E-state index in [1.165, 1.54) is 40.7 Å². The van der Waals surface area contributed by atoms with Gasteiger partial charge in [0.05, 0.1) is 17.1 Å². The molecule has 0 fully saturated rings. The van der Waals surface area contributed by atoms with Gasteiger partial charge in [-0.15, -0.1) is 11.3 Å². The monoisotopic (exact) mass is 406 g/mol. The topological polar surface area (TPSA) is 42.0 Å². The Balaban J connectivity index is 1.53. The van der Waals surface area contributed by atoms with Crippen LogP contribution in [0.25, 0.3) is 0 Å². The van der Waals surface area contributed by atoms with Gasteiger partial charge in [0.15, 0.2) is 0 Å². The Labute approximate surface area is 164 Å². The standard InChI is InChI=1S/C19H16ClFN2OS2/c1-12-2-4-13(5-3-12)10-25-19-23-15(11-26-19)9-18(24)22-14-6-7-17(21)16(20)8-14/h2-8,11H,9-10H2,1H3,(H,22,24). The van der Waals surface area contributed by atoms with Gasteiger partial charge in [-0.1, -0.05) is 53.2 Å². The van der Waals surface area contributed by atoms with Crippen LogP contribution in [0.15, 0.2) is 52.2 Å². The Hall–Kier alpha value is -1.89. The van der Waals surface area contributed by atoms with Crippen molar-refractivity contribution in [3.8, 4) is 0 Å². The molecule has 0 saturated heterocycles. The van der Waals surface area contributed by atoms with Crippen LogP contribution >= 0.6 is 34.7 Å². The zero-order valence-corrected chi connectivity index (χ0v) is 16.3. The summed E-state index contributed by atoms with van der Waals surface area (Å²) >= 11 is 8.89. The van der Waals surface area contributed by atoms with Gasteiger partial charge in [0.1, 0.15) is 10.2 Å². The molecule has 0 aliphatic heterocycles. The van der Waals surface area contributed by atoms with Crippen molar-refractivity contribution in [2.75, 3.05) is 5.32 Å². The molecule has 26 heavy (non-hydrogen) atoms. The minimum Gasteiger partial charge on any atom is -0.326 e. The number of thioether (sulfide) groups is 1. The van der Waals surface area contributed by atoms with Gasteiger partial charge in [-0.3, -0.25) is 4.79 Å². The number of thiazole rings is 1. The molecule has 0 aliphatic carbocycles. The molecular weight excluding hydrogens is 391 g/mol. The van der Waals surface area contributed by atoms with E-state index in [2.05, 4.69) is 41.5 Å². The molecule has 0 aliphatic rings. The van der Waals surface area contributed by atoms with Crippen molar-refractivity contribution in [2.24, 2.45) is 0 Å². The van der Waals surface area contributed by atoms with Crippen LogP contribution in [-0.4, -0.2) is 10.9 Å². The second kappa shape index (κ2) is 8.66. The molecule has 2 aromatic carbocycles. The summed E-state index contributed by atoms with van der Waals surface area (Å²) in [4.78, 5) is 16.6. The van der Waals surface area contributed by atoms with E-state index in [1.54, 1.807) is 11.8 Å². The lowest BCUT2D eigenvalue weighted by molar-refractivity contribution is -0.115. The predicted octanol–water partition coefficient (Wildman–Crippen LogP) is 5.72. The molecule has 0 radical (unpaired) electrons. The molecule has 1 amide bonds. The summed E-state index contributed by atoms with van der Waals surface area (Å²) in [5.41, 5.74) is 3.66. The van der Waals surface area contributed by atoms with E-state index in [0.29, 0.717) is 11.4 Å². The molecule has 0 atom stereocenters. The average molecular weight is 407 g/mol. The minimum absolute atomic E-state index is 0.0220. The molecule has 3 rings (SSSR count). The summed E-state index contributed by atoms with van der Waals surface area (Å²) in [6.45, 7) is 2.06. The van der Waals surface area contributed by atoms with Crippen molar-refractivity contribution < 1.29 is 9.18 Å². The van der Waals surface area contributed by atoms with Crippen molar-refractivity contribution in [3.63, 3.8) is 0 Å². The van der Waals surface area contributed by atoms with Crippen molar-refractivity contribution in [2.45, 2.75) is 23.4 Å². The number of carbonyl (C=O) groups excluding carboxylic acids is 1. The summed E-state index contributed by atoms with van der Waals surface area (Å²) in [5.74, 6) is 0.112. The highest BCUT2D eigenvalue weighted by Crippen LogP contribution is 2.27. The maximum Gasteiger partial charge on any atom is 0.230 e. The summed E-state index contributed by atoms with van der Waals surface area (Å²) in [5, 5.41) is 4.56. The average Bonchev–Trinajstić information content (AvgIpc) is 3.05. The fraction of sp³-hybridized carbons (Fsp3) is 0.158. The van der Waals surface area contributed by atoms with Gasteiger partial charge in [0, 0.05) is 16.8 Å². The van der Waals surface area contributed by atoms with E-state index < -0.39 is 5.82 Å². The van der Waals surface area contributed by atoms with Gasteiger partial charge in [-0.2, -0.15) is 0 Å². The first-order valence-electron chi connectivity index (χ1n) is 7.87. The second-order valence-corrected chi connectivity index (χ2v) is 8.22. The first-order chi connectivity index (χ1) is 12.5. The van der Waals surface area contributed by atoms with Gasteiger partial charge in [0.2, 0.25) is 5.91 Å². The van der Waals surface area contributed by atoms with E-state index >= 15 is 0 Å².